The summed E-state index contributed by atoms with van der Waals surface area (Å²) in [5.74, 6) is 0.833. The van der Waals surface area contributed by atoms with Gasteiger partial charge >= 0.3 is 0 Å². The van der Waals surface area contributed by atoms with E-state index in [0.717, 1.165) is 11.0 Å². The molecule has 1 heterocycles. The van der Waals surface area contributed by atoms with E-state index in [0.29, 0.717) is 0 Å². The van der Waals surface area contributed by atoms with Gasteiger partial charge in [-0.2, -0.15) is 4.37 Å². The molecule has 0 atom stereocenters. The third-order valence-corrected chi connectivity index (χ3v) is 1.57. The Morgan fingerprint density at radius 2 is 2.38 bits per heavy atom. The first-order chi connectivity index (χ1) is 3.83. The highest BCUT2D eigenvalue weighted by Gasteiger charge is 1.92. The summed E-state index contributed by atoms with van der Waals surface area (Å²) in [4.78, 5) is 4.03. The predicted octanol–water partition coefficient (Wildman–Crippen LogP) is 0.888. The summed E-state index contributed by atoms with van der Waals surface area (Å²) in [5.41, 5.74) is 0. The maximum atomic E-state index is 4.03. The van der Waals surface area contributed by atoms with Crippen molar-refractivity contribution in [1.29, 1.82) is 0 Å². The summed E-state index contributed by atoms with van der Waals surface area (Å²) in [6, 6.07) is 0. The Balaban J connectivity index is 2.84. The first kappa shape index (κ1) is 5.50. The third-order valence-electron chi connectivity index (χ3n) is 0.741. The van der Waals surface area contributed by atoms with Gasteiger partial charge in [0.2, 0.25) is 5.13 Å². The highest BCUT2D eigenvalue weighted by molar-refractivity contribution is 7.09. The van der Waals surface area contributed by atoms with E-state index in [9.17, 15) is 0 Å². The molecule has 1 aromatic rings. The number of nitrogens with zero attached hydrogens (tertiary/aromatic N) is 2. The zero-order valence-corrected chi connectivity index (χ0v) is 5.62. The summed E-state index contributed by atoms with van der Waals surface area (Å²) in [6.07, 6.45) is 0. The second kappa shape index (κ2) is 2.09. The average Bonchev–Trinajstić information content (AvgIpc) is 2.14. The SMILES string of the molecule is CNc1nc(C)ns1. The Morgan fingerprint density at radius 1 is 1.62 bits per heavy atom. The molecule has 0 saturated heterocycles. The van der Waals surface area contributed by atoms with Gasteiger partial charge in [0.15, 0.2) is 0 Å². The highest BCUT2D eigenvalue weighted by Crippen LogP contribution is 2.07. The van der Waals surface area contributed by atoms with Crippen molar-refractivity contribution in [2.75, 3.05) is 12.4 Å². The quantitative estimate of drug-likeness (QED) is 0.612. The molecule has 0 unspecified atom stereocenters. The number of hydrogen-bond acceptors (Lipinski definition) is 4. The van der Waals surface area contributed by atoms with Gasteiger partial charge in [-0.25, -0.2) is 4.98 Å². The van der Waals surface area contributed by atoms with Gasteiger partial charge in [-0.1, -0.05) is 0 Å². The fraction of sp³-hybridized carbons (Fsp3) is 0.500. The summed E-state index contributed by atoms with van der Waals surface area (Å²) in [5, 5.41) is 3.77. The van der Waals surface area contributed by atoms with Crippen LogP contribution in [-0.4, -0.2) is 16.4 Å². The van der Waals surface area contributed by atoms with Crippen LogP contribution in [0.15, 0.2) is 0 Å². The molecule has 0 spiro atoms. The van der Waals surface area contributed by atoms with Gasteiger partial charge in [0.1, 0.15) is 5.82 Å². The lowest BCUT2D eigenvalue weighted by atomic mass is 10.7. The van der Waals surface area contributed by atoms with Crippen LogP contribution in [0.1, 0.15) is 5.82 Å². The molecule has 0 bridgehead atoms. The second-order valence-electron chi connectivity index (χ2n) is 1.40. The number of rotatable bonds is 1. The topological polar surface area (TPSA) is 37.8 Å². The van der Waals surface area contributed by atoms with Crippen molar-refractivity contribution in [2.24, 2.45) is 0 Å². The number of hydrogen-bond donors (Lipinski definition) is 1. The Kier molecular flexibility index (Phi) is 1.43. The largest absolute Gasteiger partial charge is 0.363 e. The van der Waals surface area contributed by atoms with Crippen molar-refractivity contribution >= 4 is 16.7 Å². The molecule has 0 aromatic carbocycles. The van der Waals surface area contributed by atoms with Crippen molar-refractivity contribution < 1.29 is 0 Å². The van der Waals surface area contributed by atoms with Gasteiger partial charge in [-0.15, -0.1) is 0 Å². The number of aryl methyl sites for hydroxylation is 1. The van der Waals surface area contributed by atoms with Gasteiger partial charge < -0.3 is 5.32 Å². The van der Waals surface area contributed by atoms with E-state index in [1.165, 1.54) is 11.5 Å². The van der Waals surface area contributed by atoms with E-state index in [4.69, 9.17) is 0 Å². The van der Waals surface area contributed by atoms with Crippen LogP contribution >= 0.6 is 11.5 Å². The lowest BCUT2D eigenvalue weighted by Crippen LogP contribution is -1.84. The van der Waals surface area contributed by atoms with Crippen LogP contribution in [0.4, 0.5) is 5.13 Å². The van der Waals surface area contributed by atoms with Crippen molar-refractivity contribution in [3.8, 4) is 0 Å². The second-order valence-corrected chi connectivity index (χ2v) is 2.15. The standard InChI is InChI=1S/C4H7N3S/c1-3-6-4(5-2)8-7-3/h1-2H3,(H,5,6,7). The molecule has 0 aliphatic rings. The van der Waals surface area contributed by atoms with E-state index in [2.05, 4.69) is 14.7 Å². The van der Waals surface area contributed by atoms with Gasteiger partial charge in [0.25, 0.3) is 0 Å². The summed E-state index contributed by atoms with van der Waals surface area (Å²) in [6.45, 7) is 1.87. The summed E-state index contributed by atoms with van der Waals surface area (Å²) < 4.78 is 3.96. The molecule has 0 aliphatic carbocycles. The maximum Gasteiger partial charge on any atom is 0.202 e. The first-order valence-corrected chi connectivity index (χ1v) is 3.08. The monoisotopic (exact) mass is 129 g/mol. The lowest BCUT2D eigenvalue weighted by molar-refractivity contribution is 1.16. The van der Waals surface area contributed by atoms with Crippen molar-refractivity contribution in [1.82, 2.24) is 9.36 Å². The Morgan fingerprint density at radius 3 is 2.62 bits per heavy atom. The minimum Gasteiger partial charge on any atom is -0.363 e. The van der Waals surface area contributed by atoms with Crippen LogP contribution in [0.3, 0.4) is 0 Å². The molecule has 0 aliphatic heterocycles. The van der Waals surface area contributed by atoms with Crippen molar-refractivity contribution in [2.45, 2.75) is 6.92 Å². The zero-order chi connectivity index (χ0) is 5.98. The van der Waals surface area contributed by atoms with Gasteiger partial charge in [-0.05, 0) is 6.92 Å². The van der Waals surface area contributed by atoms with Crippen molar-refractivity contribution in [3.63, 3.8) is 0 Å². The molecule has 3 nitrogen and oxygen atoms in total. The number of anilines is 1. The maximum absolute atomic E-state index is 4.03. The fourth-order valence-corrected chi connectivity index (χ4v) is 0.922. The summed E-state index contributed by atoms with van der Waals surface area (Å²) in [7, 11) is 1.83. The van der Waals surface area contributed by atoms with E-state index < -0.39 is 0 Å². The normalized spacial score (nSPS) is 9.25. The molecule has 0 fully saturated rings. The van der Waals surface area contributed by atoms with Gasteiger partial charge in [0, 0.05) is 18.6 Å². The molecule has 1 rings (SSSR count). The van der Waals surface area contributed by atoms with E-state index >= 15 is 0 Å². The molecule has 44 valence electrons. The highest BCUT2D eigenvalue weighted by atomic mass is 32.1. The molecule has 0 amide bonds. The Labute approximate surface area is 51.9 Å². The minimum atomic E-state index is 0.833. The molecule has 1 N–H and O–H groups in total. The Hall–Kier alpha value is -0.640. The van der Waals surface area contributed by atoms with E-state index in [1.54, 1.807) is 0 Å². The van der Waals surface area contributed by atoms with Crippen LogP contribution in [-0.2, 0) is 0 Å². The Bertz CT molecular complexity index is 172. The molecular weight excluding hydrogens is 122 g/mol. The fourth-order valence-electron chi connectivity index (χ4n) is 0.399. The van der Waals surface area contributed by atoms with E-state index in [-0.39, 0.29) is 0 Å². The number of aromatic nitrogens is 2. The third kappa shape index (κ3) is 0.949. The lowest BCUT2D eigenvalue weighted by Gasteiger charge is -1.83. The molecule has 4 heteroatoms. The predicted molar refractivity (Wildman–Crippen MR) is 34.2 cm³/mol. The van der Waals surface area contributed by atoms with Crippen LogP contribution in [0.25, 0.3) is 0 Å². The van der Waals surface area contributed by atoms with Crippen LogP contribution in [0.5, 0.6) is 0 Å². The van der Waals surface area contributed by atoms with Gasteiger partial charge in [0.05, 0.1) is 0 Å². The molecular formula is C4H7N3S. The van der Waals surface area contributed by atoms with E-state index in [1.807, 2.05) is 14.0 Å². The van der Waals surface area contributed by atoms with Crippen molar-refractivity contribution in [3.05, 3.63) is 5.82 Å². The van der Waals surface area contributed by atoms with Crippen LogP contribution in [0, 0.1) is 6.92 Å². The van der Waals surface area contributed by atoms with Crippen LogP contribution in [0.2, 0.25) is 0 Å². The van der Waals surface area contributed by atoms with Crippen LogP contribution < -0.4 is 5.32 Å². The molecule has 0 radical (unpaired) electrons. The smallest absolute Gasteiger partial charge is 0.202 e. The molecule has 8 heavy (non-hydrogen) atoms. The number of nitrogens with one attached hydrogen (secondary N) is 1. The minimum absolute atomic E-state index is 0.833. The molecule has 0 saturated carbocycles. The molecule has 1 aromatic heterocycles. The average molecular weight is 129 g/mol. The first-order valence-electron chi connectivity index (χ1n) is 2.31. The summed E-state index contributed by atoms with van der Waals surface area (Å²) >= 11 is 1.38. The zero-order valence-electron chi connectivity index (χ0n) is 4.80. The van der Waals surface area contributed by atoms with Gasteiger partial charge in [-0.3, -0.25) is 0 Å².